The first-order valence-electron chi connectivity index (χ1n) is 7.89. The number of ether oxygens (including phenoxy) is 1. The van der Waals surface area contributed by atoms with E-state index >= 15 is 0 Å². The molecule has 2 N–H and O–H groups in total. The standard InChI is InChI=1S/C15H28N2O3S/c1-3-17(12-8-6-5-7-9-12)14(18)11-21-10-13(16)15(19)20-4-2/h12-13H,3-11,16H2,1-2H3. The summed E-state index contributed by atoms with van der Waals surface area (Å²) in [5.41, 5.74) is 5.72. The molecule has 0 bridgehead atoms. The first-order valence-corrected chi connectivity index (χ1v) is 9.05. The van der Waals surface area contributed by atoms with Gasteiger partial charge in [0.1, 0.15) is 6.04 Å². The van der Waals surface area contributed by atoms with Crippen LogP contribution in [0.4, 0.5) is 0 Å². The van der Waals surface area contributed by atoms with Gasteiger partial charge in [-0.1, -0.05) is 19.3 Å². The predicted octanol–water partition coefficient (Wildman–Crippen LogP) is 1.79. The summed E-state index contributed by atoms with van der Waals surface area (Å²) in [5, 5.41) is 0. The maximum atomic E-state index is 12.3. The van der Waals surface area contributed by atoms with E-state index in [-0.39, 0.29) is 5.91 Å². The predicted molar refractivity (Wildman–Crippen MR) is 86.2 cm³/mol. The summed E-state index contributed by atoms with van der Waals surface area (Å²) in [6, 6.07) is -0.247. The maximum Gasteiger partial charge on any atom is 0.323 e. The molecule has 0 saturated heterocycles. The van der Waals surface area contributed by atoms with Crippen molar-refractivity contribution in [1.82, 2.24) is 4.90 Å². The number of carbonyl (C=O) groups is 2. The molecule has 1 amide bonds. The molecule has 1 aliphatic carbocycles. The maximum absolute atomic E-state index is 12.3. The van der Waals surface area contributed by atoms with Crippen LogP contribution in [0.15, 0.2) is 0 Å². The van der Waals surface area contributed by atoms with Crippen LogP contribution in [0.2, 0.25) is 0 Å². The number of carbonyl (C=O) groups excluding carboxylic acids is 2. The third kappa shape index (κ3) is 6.26. The second-order valence-corrected chi connectivity index (χ2v) is 6.38. The lowest BCUT2D eigenvalue weighted by atomic mass is 9.94. The molecule has 1 unspecified atom stereocenters. The van der Waals surface area contributed by atoms with Crippen LogP contribution in [0, 0.1) is 0 Å². The second kappa shape index (κ2) is 10.1. The number of hydrogen-bond donors (Lipinski definition) is 1. The van der Waals surface area contributed by atoms with E-state index in [9.17, 15) is 9.59 Å². The van der Waals surface area contributed by atoms with Crippen LogP contribution in [0.1, 0.15) is 46.0 Å². The van der Waals surface area contributed by atoms with Gasteiger partial charge >= 0.3 is 5.97 Å². The number of esters is 1. The fourth-order valence-electron chi connectivity index (χ4n) is 2.70. The van der Waals surface area contributed by atoms with Crippen LogP contribution in [0.5, 0.6) is 0 Å². The van der Waals surface area contributed by atoms with E-state index in [1.165, 1.54) is 31.0 Å². The minimum absolute atomic E-state index is 0.158. The Morgan fingerprint density at radius 2 is 1.95 bits per heavy atom. The van der Waals surface area contributed by atoms with Gasteiger partial charge in [-0.25, -0.2) is 0 Å². The van der Waals surface area contributed by atoms with Crippen molar-refractivity contribution in [3.05, 3.63) is 0 Å². The van der Waals surface area contributed by atoms with Crippen LogP contribution < -0.4 is 5.73 Å². The summed E-state index contributed by atoms with van der Waals surface area (Å²) >= 11 is 1.41. The van der Waals surface area contributed by atoms with Crippen molar-refractivity contribution in [1.29, 1.82) is 0 Å². The molecule has 0 heterocycles. The van der Waals surface area contributed by atoms with Gasteiger partial charge in [0.15, 0.2) is 0 Å². The van der Waals surface area contributed by atoms with E-state index in [0.29, 0.717) is 24.2 Å². The van der Waals surface area contributed by atoms with Crippen molar-refractivity contribution < 1.29 is 14.3 Å². The molecule has 21 heavy (non-hydrogen) atoms. The Kier molecular flexibility index (Phi) is 8.76. The molecule has 1 atom stereocenters. The molecule has 0 aliphatic heterocycles. The van der Waals surface area contributed by atoms with Gasteiger partial charge in [0.05, 0.1) is 12.4 Å². The highest BCUT2D eigenvalue weighted by Crippen LogP contribution is 2.23. The molecule has 0 aromatic heterocycles. The molecule has 1 fully saturated rings. The van der Waals surface area contributed by atoms with Crippen LogP contribution in [0.3, 0.4) is 0 Å². The fraction of sp³-hybridized carbons (Fsp3) is 0.867. The third-order valence-electron chi connectivity index (χ3n) is 3.79. The van der Waals surface area contributed by atoms with Gasteiger partial charge in [0.25, 0.3) is 0 Å². The molecule has 0 aromatic carbocycles. The van der Waals surface area contributed by atoms with Gasteiger partial charge in [0, 0.05) is 18.3 Å². The first-order chi connectivity index (χ1) is 10.1. The van der Waals surface area contributed by atoms with E-state index in [2.05, 4.69) is 0 Å². The van der Waals surface area contributed by atoms with E-state index in [0.717, 1.165) is 19.4 Å². The lowest BCUT2D eigenvalue weighted by Crippen LogP contribution is -2.42. The van der Waals surface area contributed by atoms with Gasteiger partial charge in [-0.05, 0) is 26.7 Å². The highest BCUT2D eigenvalue weighted by Gasteiger charge is 2.24. The van der Waals surface area contributed by atoms with Crippen molar-refractivity contribution in [3.8, 4) is 0 Å². The third-order valence-corrected chi connectivity index (χ3v) is 4.83. The van der Waals surface area contributed by atoms with Crippen molar-refractivity contribution in [2.24, 2.45) is 5.73 Å². The van der Waals surface area contributed by atoms with Gasteiger partial charge < -0.3 is 15.4 Å². The number of nitrogens with zero attached hydrogens (tertiary/aromatic N) is 1. The summed E-state index contributed by atoms with van der Waals surface area (Å²) in [7, 11) is 0. The monoisotopic (exact) mass is 316 g/mol. The number of hydrogen-bond acceptors (Lipinski definition) is 5. The van der Waals surface area contributed by atoms with Gasteiger partial charge in [-0.2, -0.15) is 0 Å². The van der Waals surface area contributed by atoms with Crippen LogP contribution in [-0.2, 0) is 14.3 Å². The molecule has 1 saturated carbocycles. The summed E-state index contributed by atoms with van der Waals surface area (Å²) in [6.45, 7) is 4.88. The zero-order valence-electron chi connectivity index (χ0n) is 13.2. The zero-order chi connectivity index (χ0) is 15.7. The molecule has 0 radical (unpaired) electrons. The second-order valence-electron chi connectivity index (χ2n) is 5.35. The van der Waals surface area contributed by atoms with Gasteiger partial charge in [-0.15, -0.1) is 11.8 Å². The minimum Gasteiger partial charge on any atom is -0.465 e. The van der Waals surface area contributed by atoms with Crippen molar-refractivity contribution >= 4 is 23.6 Å². The number of rotatable bonds is 8. The zero-order valence-corrected chi connectivity index (χ0v) is 14.0. The molecule has 5 nitrogen and oxygen atoms in total. The Hall–Kier alpha value is -0.750. The molecular formula is C15H28N2O3S. The molecule has 6 heteroatoms. The lowest BCUT2D eigenvalue weighted by Gasteiger charge is -2.33. The summed E-state index contributed by atoms with van der Waals surface area (Å²) in [5.74, 6) is 0.576. The highest BCUT2D eigenvalue weighted by atomic mass is 32.2. The topological polar surface area (TPSA) is 72.6 Å². The van der Waals surface area contributed by atoms with Crippen LogP contribution in [-0.4, -0.2) is 53.5 Å². The SMILES string of the molecule is CCOC(=O)C(N)CSCC(=O)N(CC)C1CCCCC1. The summed E-state index contributed by atoms with van der Waals surface area (Å²) in [4.78, 5) is 25.7. The van der Waals surface area contributed by atoms with E-state index < -0.39 is 12.0 Å². The van der Waals surface area contributed by atoms with E-state index in [4.69, 9.17) is 10.5 Å². The minimum atomic E-state index is -0.646. The summed E-state index contributed by atoms with van der Waals surface area (Å²) < 4.78 is 4.85. The number of amides is 1. The van der Waals surface area contributed by atoms with Gasteiger partial charge in [0.2, 0.25) is 5.91 Å². The number of nitrogens with two attached hydrogens (primary N) is 1. The summed E-state index contributed by atoms with van der Waals surface area (Å²) in [6.07, 6.45) is 5.95. The smallest absolute Gasteiger partial charge is 0.323 e. The highest BCUT2D eigenvalue weighted by molar-refractivity contribution is 8.00. The average molecular weight is 316 g/mol. The Morgan fingerprint density at radius 3 is 2.52 bits per heavy atom. The Labute approximate surface area is 132 Å². The lowest BCUT2D eigenvalue weighted by molar-refractivity contribution is -0.144. The Bertz CT molecular complexity index is 333. The number of thioether (sulfide) groups is 1. The molecule has 122 valence electrons. The Balaban J connectivity index is 2.32. The first kappa shape index (κ1) is 18.3. The van der Waals surface area contributed by atoms with Crippen molar-refractivity contribution in [2.75, 3.05) is 24.7 Å². The molecule has 1 rings (SSSR count). The van der Waals surface area contributed by atoms with Crippen LogP contribution >= 0.6 is 11.8 Å². The molecular weight excluding hydrogens is 288 g/mol. The quantitative estimate of drug-likeness (QED) is 0.691. The van der Waals surface area contributed by atoms with Crippen molar-refractivity contribution in [3.63, 3.8) is 0 Å². The Morgan fingerprint density at radius 1 is 1.29 bits per heavy atom. The molecule has 1 aliphatic rings. The van der Waals surface area contributed by atoms with E-state index in [1.54, 1.807) is 6.92 Å². The average Bonchev–Trinajstić information content (AvgIpc) is 2.49. The fourth-order valence-corrected chi connectivity index (χ4v) is 3.55. The van der Waals surface area contributed by atoms with Gasteiger partial charge in [-0.3, -0.25) is 9.59 Å². The molecule has 0 aromatic rings. The van der Waals surface area contributed by atoms with Crippen LogP contribution in [0.25, 0.3) is 0 Å². The van der Waals surface area contributed by atoms with Crippen molar-refractivity contribution in [2.45, 2.75) is 58.0 Å². The largest absolute Gasteiger partial charge is 0.465 e. The van der Waals surface area contributed by atoms with E-state index in [1.807, 2.05) is 11.8 Å². The normalized spacial score (nSPS) is 17.3. The molecule has 0 spiro atoms.